The summed E-state index contributed by atoms with van der Waals surface area (Å²) in [5, 5.41) is 3.39. The van der Waals surface area contributed by atoms with Crippen molar-refractivity contribution < 1.29 is 9.18 Å². The van der Waals surface area contributed by atoms with E-state index in [2.05, 4.69) is 5.32 Å². The van der Waals surface area contributed by atoms with Crippen molar-refractivity contribution in [2.75, 3.05) is 26.2 Å². The number of carbonyl (C=O) groups is 1. The number of benzene rings is 1. The molecule has 2 fully saturated rings. The second-order valence-electron chi connectivity index (χ2n) is 5.68. The lowest BCUT2D eigenvalue weighted by Gasteiger charge is -2.34. The molecule has 2 heterocycles. The number of carbonyl (C=O) groups excluding carboxylic acids is 1. The molecule has 2 aliphatic heterocycles. The van der Waals surface area contributed by atoms with Crippen LogP contribution in [0.3, 0.4) is 0 Å². The van der Waals surface area contributed by atoms with E-state index in [1.165, 1.54) is 6.07 Å². The van der Waals surface area contributed by atoms with Gasteiger partial charge in [0.25, 0.3) is 5.91 Å². The summed E-state index contributed by atoms with van der Waals surface area (Å²) in [5.41, 5.74) is 1.13. The lowest BCUT2D eigenvalue weighted by molar-refractivity contribution is 0.0642. The predicted molar refractivity (Wildman–Crippen MR) is 71.5 cm³/mol. The van der Waals surface area contributed by atoms with E-state index in [4.69, 9.17) is 0 Å². The van der Waals surface area contributed by atoms with E-state index in [1.54, 1.807) is 19.1 Å². The zero-order chi connectivity index (χ0) is 13.4. The van der Waals surface area contributed by atoms with Crippen molar-refractivity contribution in [1.29, 1.82) is 0 Å². The first-order valence-electron chi connectivity index (χ1n) is 6.91. The topological polar surface area (TPSA) is 32.3 Å². The Balaban J connectivity index is 1.74. The summed E-state index contributed by atoms with van der Waals surface area (Å²) in [6.45, 7) is 5.43. The number of halogens is 1. The maximum absolute atomic E-state index is 13.2. The maximum Gasteiger partial charge on any atom is 0.253 e. The average molecular weight is 262 g/mol. The minimum Gasteiger partial charge on any atom is -0.338 e. The van der Waals surface area contributed by atoms with Crippen LogP contribution in [0.2, 0.25) is 0 Å². The Morgan fingerprint density at radius 3 is 2.95 bits per heavy atom. The molecule has 4 heteroatoms. The summed E-state index contributed by atoms with van der Waals surface area (Å²) < 4.78 is 13.2. The second kappa shape index (κ2) is 4.93. The molecule has 3 nitrogen and oxygen atoms in total. The predicted octanol–water partition coefficient (Wildman–Crippen LogP) is 1.82. The molecule has 1 aromatic carbocycles. The smallest absolute Gasteiger partial charge is 0.253 e. The number of aryl methyl sites for hydroxylation is 1. The van der Waals surface area contributed by atoms with E-state index in [9.17, 15) is 9.18 Å². The lowest BCUT2D eigenvalue weighted by atomic mass is 9.88. The van der Waals surface area contributed by atoms with Crippen LogP contribution in [-0.2, 0) is 0 Å². The number of nitrogens with zero attached hydrogens (tertiary/aromatic N) is 1. The van der Waals surface area contributed by atoms with Gasteiger partial charge in [0.15, 0.2) is 0 Å². The molecule has 2 saturated heterocycles. The van der Waals surface area contributed by atoms with Crippen LogP contribution in [0.4, 0.5) is 4.39 Å². The highest BCUT2D eigenvalue weighted by molar-refractivity contribution is 5.94. The summed E-state index contributed by atoms with van der Waals surface area (Å²) in [5.74, 6) is 1.09. The minimum absolute atomic E-state index is 0.0356. The largest absolute Gasteiger partial charge is 0.338 e. The van der Waals surface area contributed by atoms with Gasteiger partial charge in [-0.05, 0) is 62.0 Å². The number of likely N-dealkylation sites (tertiary alicyclic amines) is 1. The minimum atomic E-state index is -0.254. The number of amides is 1. The average Bonchev–Trinajstić information content (AvgIpc) is 2.88. The Bertz CT molecular complexity index is 503. The van der Waals surface area contributed by atoms with Gasteiger partial charge in [-0.3, -0.25) is 4.79 Å². The van der Waals surface area contributed by atoms with Crippen LogP contribution in [0.15, 0.2) is 18.2 Å². The first kappa shape index (κ1) is 12.6. The van der Waals surface area contributed by atoms with Crippen LogP contribution < -0.4 is 5.32 Å². The fourth-order valence-electron chi connectivity index (χ4n) is 3.18. The van der Waals surface area contributed by atoms with Gasteiger partial charge in [-0.1, -0.05) is 0 Å². The first-order chi connectivity index (χ1) is 9.15. The first-order valence-corrected chi connectivity index (χ1v) is 6.91. The highest BCUT2D eigenvalue weighted by Gasteiger charge is 2.34. The van der Waals surface area contributed by atoms with Gasteiger partial charge < -0.3 is 10.2 Å². The normalized spacial score (nSPS) is 26.3. The molecule has 3 rings (SSSR count). The molecule has 0 spiro atoms. The van der Waals surface area contributed by atoms with Crippen LogP contribution in [0.1, 0.15) is 22.3 Å². The van der Waals surface area contributed by atoms with Crippen molar-refractivity contribution in [2.45, 2.75) is 13.3 Å². The van der Waals surface area contributed by atoms with Crippen molar-refractivity contribution >= 4 is 5.91 Å². The number of hydrogen-bond acceptors (Lipinski definition) is 2. The van der Waals surface area contributed by atoms with Gasteiger partial charge in [0.1, 0.15) is 5.82 Å². The molecule has 0 aromatic heterocycles. The highest BCUT2D eigenvalue weighted by atomic mass is 19.1. The Labute approximate surface area is 112 Å². The molecular weight excluding hydrogens is 243 g/mol. The third-order valence-corrected chi connectivity index (χ3v) is 4.40. The molecule has 0 saturated carbocycles. The quantitative estimate of drug-likeness (QED) is 0.837. The molecule has 0 aliphatic carbocycles. The zero-order valence-corrected chi connectivity index (χ0v) is 11.2. The number of rotatable bonds is 1. The Hall–Kier alpha value is -1.42. The van der Waals surface area contributed by atoms with Crippen LogP contribution in [0, 0.1) is 24.6 Å². The molecule has 1 N–H and O–H groups in total. The van der Waals surface area contributed by atoms with E-state index in [0.29, 0.717) is 17.0 Å². The Kier molecular flexibility index (Phi) is 3.27. The summed E-state index contributed by atoms with van der Waals surface area (Å²) in [6.07, 6.45) is 1.07. The summed E-state index contributed by atoms with van der Waals surface area (Å²) >= 11 is 0. The standard InChI is InChI=1S/C15H19FN2O/c1-10-6-11(2-3-14(10)16)15(19)18-5-4-12-7-17-8-13(12)9-18/h2-3,6,12-13,17H,4-5,7-9H2,1H3. The SMILES string of the molecule is Cc1cc(C(=O)N2CCC3CNCC3C2)ccc1F. The van der Waals surface area contributed by atoms with Crippen LogP contribution in [0.25, 0.3) is 0 Å². The van der Waals surface area contributed by atoms with Crippen LogP contribution >= 0.6 is 0 Å². The van der Waals surface area contributed by atoms with Crippen LogP contribution in [-0.4, -0.2) is 37.0 Å². The summed E-state index contributed by atoms with van der Waals surface area (Å²) in [7, 11) is 0. The van der Waals surface area contributed by atoms with Gasteiger partial charge in [0.05, 0.1) is 0 Å². The highest BCUT2D eigenvalue weighted by Crippen LogP contribution is 2.27. The molecule has 0 radical (unpaired) electrons. The van der Waals surface area contributed by atoms with Crippen LogP contribution in [0.5, 0.6) is 0 Å². The van der Waals surface area contributed by atoms with Crippen molar-refractivity contribution in [3.05, 3.63) is 35.1 Å². The van der Waals surface area contributed by atoms with Crippen molar-refractivity contribution in [1.82, 2.24) is 10.2 Å². The van der Waals surface area contributed by atoms with Crippen molar-refractivity contribution in [3.8, 4) is 0 Å². The van der Waals surface area contributed by atoms with Gasteiger partial charge in [-0.2, -0.15) is 0 Å². The molecular formula is C15H19FN2O. The molecule has 2 unspecified atom stereocenters. The number of nitrogens with one attached hydrogen (secondary N) is 1. The van der Waals surface area contributed by atoms with Gasteiger partial charge in [0, 0.05) is 18.7 Å². The molecule has 1 aromatic rings. The summed E-state index contributed by atoms with van der Waals surface area (Å²) in [4.78, 5) is 14.4. The zero-order valence-electron chi connectivity index (χ0n) is 11.2. The van der Waals surface area contributed by atoms with Gasteiger partial charge in [-0.15, -0.1) is 0 Å². The number of hydrogen-bond donors (Lipinski definition) is 1. The third kappa shape index (κ3) is 2.37. The van der Waals surface area contributed by atoms with Gasteiger partial charge in [0.2, 0.25) is 0 Å². The number of fused-ring (bicyclic) bond motifs is 1. The lowest BCUT2D eigenvalue weighted by Crippen LogP contribution is -2.43. The Morgan fingerprint density at radius 2 is 2.16 bits per heavy atom. The van der Waals surface area contributed by atoms with Crippen molar-refractivity contribution in [2.24, 2.45) is 11.8 Å². The van der Waals surface area contributed by atoms with Gasteiger partial charge >= 0.3 is 0 Å². The molecule has 0 bridgehead atoms. The summed E-state index contributed by atoms with van der Waals surface area (Å²) in [6, 6.07) is 4.62. The molecule has 19 heavy (non-hydrogen) atoms. The molecule has 1 amide bonds. The Morgan fingerprint density at radius 1 is 1.37 bits per heavy atom. The third-order valence-electron chi connectivity index (χ3n) is 4.40. The molecule has 2 atom stereocenters. The number of piperidine rings is 1. The molecule has 102 valence electrons. The van der Waals surface area contributed by atoms with E-state index in [-0.39, 0.29) is 11.7 Å². The fraction of sp³-hybridized carbons (Fsp3) is 0.533. The monoisotopic (exact) mass is 262 g/mol. The van der Waals surface area contributed by atoms with E-state index in [0.717, 1.165) is 38.5 Å². The molecule has 2 aliphatic rings. The van der Waals surface area contributed by atoms with Crippen molar-refractivity contribution in [3.63, 3.8) is 0 Å². The van der Waals surface area contributed by atoms with E-state index in [1.807, 2.05) is 4.90 Å². The van der Waals surface area contributed by atoms with E-state index >= 15 is 0 Å². The van der Waals surface area contributed by atoms with E-state index < -0.39 is 0 Å². The van der Waals surface area contributed by atoms with Gasteiger partial charge in [-0.25, -0.2) is 4.39 Å². The second-order valence-corrected chi connectivity index (χ2v) is 5.68. The maximum atomic E-state index is 13.2. The fourth-order valence-corrected chi connectivity index (χ4v) is 3.18.